The molecule has 0 aliphatic carbocycles. The maximum Gasteiger partial charge on any atom is 0.325 e. The van der Waals surface area contributed by atoms with Crippen molar-refractivity contribution in [3.05, 3.63) is 12.7 Å². The lowest BCUT2D eigenvalue weighted by molar-refractivity contribution is -0.0517. The molecule has 138 valence electrons. The van der Waals surface area contributed by atoms with Gasteiger partial charge in [-0.2, -0.15) is 0 Å². The van der Waals surface area contributed by atoms with Gasteiger partial charge in [0.25, 0.3) is 0 Å². The summed E-state index contributed by atoms with van der Waals surface area (Å²) in [4.78, 5) is 30.5. The van der Waals surface area contributed by atoms with Crippen LogP contribution in [0.1, 0.15) is 12.6 Å². The van der Waals surface area contributed by atoms with E-state index in [9.17, 15) is 4.57 Å². The van der Waals surface area contributed by atoms with Crippen LogP contribution in [0.15, 0.2) is 12.7 Å². The summed E-state index contributed by atoms with van der Waals surface area (Å²) in [6, 6.07) is 0. The predicted octanol–water partition coefficient (Wildman–Crippen LogP) is -0.0963. The molecular formula is C13H20N5O6P. The van der Waals surface area contributed by atoms with Gasteiger partial charge in [-0.25, -0.2) is 15.0 Å². The third-order valence-corrected chi connectivity index (χ3v) is 5.04. The molecule has 0 radical (unpaired) electrons. The van der Waals surface area contributed by atoms with Crippen molar-refractivity contribution in [3.8, 4) is 0 Å². The molecule has 3 heterocycles. The maximum atomic E-state index is 11.2. The summed E-state index contributed by atoms with van der Waals surface area (Å²) < 4.78 is 29.8. The van der Waals surface area contributed by atoms with Gasteiger partial charge in [0, 0.05) is 14.2 Å². The molecule has 0 bridgehead atoms. The number of nitrogens with zero attached hydrogens (tertiary/aromatic N) is 4. The number of hydrogen-bond donors (Lipinski definition) is 3. The lowest BCUT2D eigenvalue weighted by Gasteiger charge is -2.22. The van der Waals surface area contributed by atoms with Crippen molar-refractivity contribution in [1.82, 2.24) is 19.5 Å². The topological polar surface area (TPSA) is 155 Å². The summed E-state index contributed by atoms with van der Waals surface area (Å²) in [5.41, 5.74) is 6.72. The van der Waals surface area contributed by atoms with E-state index in [1.165, 1.54) is 26.9 Å². The first-order valence-electron chi connectivity index (χ1n) is 7.54. The maximum absolute atomic E-state index is 11.2. The van der Waals surface area contributed by atoms with Crippen LogP contribution in [-0.2, 0) is 18.8 Å². The predicted molar refractivity (Wildman–Crippen MR) is 86.8 cm³/mol. The minimum absolute atomic E-state index is 0.128. The molecule has 0 spiro atoms. The average Bonchev–Trinajstić information content (AvgIpc) is 3.13. The van der Waals surface area contributed by atoms with Crippen LogP contribution in [0.25, 0.3) is 11.2 Å². The number of imidazole rings is 1. The smallest absolute Gasteiger partial charge is 0.325 e. The van der Waals surface area contributed by atoms with Crippen LogP contribution in [0.5, 0.6) is 0 Å². The largest absolute Gasteiger partial charge is 0.382 e. The number of fused-ring (bicyclic) bond motifs is 1. The van der Waals surface area contributed by atoms with Crippen molar-refractivity contribution < 1.29 is 28.6 Å². The van der Waals surface area contributed by atoms with E-state index in [0.717, 1.165) is 0 Å². The fraction of sp³-hybridized carbons (Fsp3) is 0.615. The van der Waals surface area contributed by atoms with E-state index in [1.807, 2.05) is 0 Å². The minimum Gasteiger partial charge on any atom is -0.382 e. The van der Waals surface area contributed by atoms with Crippen LogP contribution >= 0.6 is 7.60 Å². The average molecular weight is 373 g/mol. The number of nitrogen functional groups attached to an aromatic ring is 1. The molecule has 4 atom stereocenters. The standard InChI is InChI=1S/C13H20N5O6P/c1-22-9-7(3-4-25(19,20)21)24-13(10(9)23-2)18-6-17-8-11(14)15-5-16-12(8)18/h5-7,9-10,13H,3-4H2,1-2H3,(H2,14,15,16)(H2,19,20,21)/t7-,9-,10-,13?/m1/s1. The van der Waals surface area contributed by atoms with Gasteiger partial charge in [-0.1, -0.05) is 0 Å². The Bertz CT molecular complexity index is 794. The summed E-state index contributed by atoms with van der Waals surface area (Å²) in [5.74, 6) is 0.247. The quantitative estimate of drug-likeness (QED) is 0.585. The number of rotatable bonds is 6. The van der Waals surface area contributed by atoms with Crippen molar-refractivity contribution in [1.29, 1.82) is 0 Å². The molecule has 1 unspecified atom stereocenters. The zero-order valence-electron chi connectivity index (χ0n) is 13.7. The second-order valence-corrected chi connectivity index (χ2v) is 7.50. The molecule has 0 amide bonds. The van der Waals surface area contributed by atoms with Gasteiger partial charge in [0.1, 0.15) is 24.1 Å². The van der Waals surface area contributed by atoms with E-state index in [2.05, 4.69) is 15.0 Å². The highest BCUT2D eigenvalue weighted by atomic mass is 31.2. The Morgan fingerprint density at radius 1 is 1.28 bits per heavy atom. The molecule has 1 aliphatic rings. The van der Waals surface area contributed by atoms with Crippen molar-refractivity contribution in [2.24, 2.45) is 0 Å². The summed E-state index contributed by atoms with van der Waals surface area (Å²) in [5, 5.41) is 0. The highest BCUT2D eigenvalue weighted by molar-refractivity contribution is 7.51. The fourth-order valence-corrected chi connectivity index (χ4v) is 3.64. The first-order chi connectivity index (χ1) is 11.9. The number of hydrogen-bond acceptors (Lipinski definition) is 8. The van der Waals surface area contributed by atoms with Crippen molar-refractivity contribution in [2.45, 2.75) is 31.0 Å². The number of nitrogens with two attached hydrogens (primary N) is 1. The molecule has 1 saturated heterocycles. The third-order valence-electron chi connectivity index (χ3n) is 4.20. The molecule has 25 heavy (non-hydrogen) atoms. The van der Waals surface area contributed by atoms with Crippen molar-refractivity contribution >= 4 is 24.6 Å². The summed E-state index contributed by atoms with van der Waals surface area (Å²) in [7, 11) is -1.13. The zero-order chi connectivity index (χ0) is 18.2. The van der Waals surface area contributed by atoms with Gasteiger partial charge >= 0.3 is 7.60 Å². The summed E-state index contributed by atoms with van der Waals surface area (Å²) in [6.45, 7) is 0. The van der Waals surface area contributed by atoms with Gasteiger partial charge in [-0.3, -0.25) is 9.13 Å². The summed E-state index contributed by atoms with van der Waals surface area (Å²) in [6.07, 6.45) is 0.471. The highest BCUT2D eigenvalue weighted by Gasteiger charge is 2.47. The molecule has 1 fully saturated rings. The van der Waals surface area contributed by atoms with Gasteiger partial charge in [0.2, 0.25) is 0 Å². The van der Waals surface area contributed by atoms with E-state index in [1.54, 1.807) is 4.57 Å². The Labute approximate surface area is 143 Å². The lowest BCUT2D eigenvalue weighted by Crippen LogP contribution is -2.35. The van der Waals surface area contributed by atoms with Gasteiger partial charge in [-0.05, 0) is 6.42 Å². The molecular weight excluding hydrogens is 353 g/mol. The monoisotopic (exact) mass is 373 g/mol. The van der Waals surface area contributed by atoms with Crippen LogP contribution in [0.4, 0.5) is 5.82 Å². The summed E-state index contributed by atoms with van der Waals surface area (Å²) >= 11 is 0. The van der Waals surface area contributed by atoms with Crippen molar-refractivity contribution in [3.63, 3.8) is 0 Å². The van der Waals surface area contributed by atoms with Crippen molar-refractivity contribution in [2.75, 3.05) is 26.1 Å². The highest BCUT2D eigenvalue weighted by Crippen LogP contribution is 2.41. The normalized spacial score (nSPS) is 27.2. The minimum atomic E-state index is -4.14. The molecule has 0 aromatic carbocycles. The Kier molecular flexibility index (Phi) is 5.05. The Morgan fingerprint density at radius 2 is 2.00 bits per heavy atom. The number of aromatic nitrogens is 4. The SMILES string of the molecule is CO[C@@H]1[C@@H](CCP(=O)(O)O)OC(n2cnc3c(N)ncnc32)[C@@H]1OC. The van der Waals surface area contributed by atoms with Crippen LogP contribution in [-0.4, -0.2) is 68.0 Å². The van der Waals surface area contributed by atoms with Crippen LogP contribution in [0.3, 0.4) is 0 Å². The number of anilines is 1. The number of ether oxygens (including phenoxy) is 3. The van der Waals surface area contributed by atoms with E-state index in [-0.39, 0.29) is 18.4 Å². The zero-order valence-corrected chi connectivity index (χ0v) is 14.6. The first-order valence-corrected chi connectivity index (χ1v) is 9.34. The molecule has 4 N–H and O–H groups in total. The van der Waals surface area contributed by atoms with Gasteiger partial charge in [0.05, 0.1) is 18.6 Å². The third kappa shape index (κ3) is 3.52. The van der Waals surface area contributed by atoms with Crippen LogP contribution in [0.2, 0.25) is 0 Å². The van der Waals surface area contributed by atoms with Gasteiger partial charge in [-0.15, -0.1) is 0 Å². The Hall–Kier alpha value is -1.62. The van der Waals surface area contributed by atoms with E-state index in [4.69, 9.17) is 29.7 Å². The Morgan fingerprint density at radius 3 is 2.64 bits per heavy atom. The van der Waals surface area contributed by atoms with E-state index in [0.29, 0.717) is 11.2 Å². The molecule has 2 aromatic heterocycles. The van der Waals surface area contributed by atoms with E-state index >= 15 is 0 Å². The van der Waals surface area contributed by atoms with Crippen LogP contribution in [0, 0.1) is 0 Å². The van der Waals surface area contributed by atoms with E-state index < -0.39 is 32.1 Å². The molecule has 11 nitrogen and oxygen atoms in total. The first kappa shape index (κ1) is 18.2. The molecule has 2 aromatic rings. The Balaban J connectivity index is 1.92. The second kappa shape index (κ2) is 6.94. The molecule has 3 rings (SSSR count). The fourth-order valence-electron chi connectivity index (χ4n) is 3.05. The number of methoxy groups -OCH3 is 2. The second-order valence-electron chi connectivity index (χ2n) is 5.73. The van der Waals surface area contributed by atoms with Crippen LogP contribution < -0.4 is 5.73 Å². The van der Waals surface area contributed by atoms with Gasteiger partial charge < -0.3 is 29.7 Å². The lowest BCUT2D eigenvalue weighted by atomic mass is 10.1. The van der Waals surface area contributed by atoms with Gasteiger partial charge in [0.15, 0.2) is 17.7 Å². The molecule has 0 saturated carbocycles. The molecule has 12 heteroatoms. The molecule has 1 aliphatic heterocycles.